The van der Waals surface area contributed by atoms with Crippen LogP contribution in [0, 0.1) is 0 Å². The Morgan fingerprint density at radius 3 is 2.31 bits per heavy atom. The monoisotopic (exact) mass is 221 g/mol. The molecule has 0 saturated carbocycles. The lowest BCUT2D eigenvalue weighted by atomic mass is 10.1. The Morgan fingerprint density at radius 2 is 1.88 bits per heavy atom. The molecule has 0 unspecified atom stereocenters. The predicted molar refractivity (Wildman–Crippen MR) is 64.3 cm³/mol. The second-order valence-electron chi connectivity index (χ2n) is 4.37. The van der Waals surface area contributed by atoms with Crippen molar-refractivity contribution < 1.29 is 9.90 Å². The van der Waals surface area contributed by atoms with Gasteiger partial charge in [0.15, 0.2) is 0 Å². The molecule has 0 aromatic heterocycles. The van der Waals surface area contributed by atoms with Gasteiger partial charge >= 0.3 is 0 Å². The number of ketones is 1. The summed E-state index contributed by atoms with van der Waals surface area (Å²) in [4.78, 5) is 13.2. The molecule has 16 heavy (non-hydrogen) atoms. The minimum absolute atomic E-state index is 0.174. The number of benzene rings is 1. The molecule has 0 aliphatic heterocycles. The maximum atomic E-state index is 11.1. The lowest BCUT2D eigenvalue weighted by Gasteiger charge is -2.25. The lowest BCUT2D eigenvalue weighted by Crippen LogP contribution is -2.34. The summed E-state index contributed by atoms with van der Waals surface area (Å²) in [7, 11) is 0. The van der Waals surface area contributed by atoms with Crippen LogP contribution in [0.4, 0.5) is 0 Å². The SMILES string of the molecule is CC(=O)CN(Cc1ccc(O)cc1)C(C)C. The molecule has 1 rings (SSSR count). The molecule has 0 amide bonds. The van der Waals surface area contributed by atoms with Crippen LogP contribution < -0.4 is 0 Å². The van der Waals surface area contributed by atoms with Crippen LogP contribution in [0.15, 0.2) is 24.3 Å². The molecule has 0 bridgehead atoms. The number of hydrogen-bond acceptors (Lipinski definition) is 3. The maximum absolute atomic E-state index is 11.1. The minimum atomic E-state index is 0.174. The van der Waals surface area contributed by atoms with Gasteiger partial charge in [0.05, 0.1) is 6.54 Å². The Balaban J connectivity index is 2.67. The van der Waals surface area contributed by atoms with Gasteiger partial charge in [-0.1, -0.05) is 12.1 Å². The lowest BCUT2D eigenvalue weighted by molar-refractivity contribution is -0.118. The Bertz CT molecular complexity index is 343. The summed E-state index contributed by atoms with van der Waals surface area (Å²) in [6.45, 7) is 6.95. The Labute approximate surface area is 96.7 Å². The standard InChI is InChI=1S/C13H19NO2/c1-10(2)14(8-11(3)15)9-12-4-6-13(16)7-5-12/h4-7,10,16H,8-9H2,1-3H3. The summed E-state index contributed by atoms with van der Waals surface area (Å²) in [5, 5.41) is 9.18. The van der Waals surface area contributed by atoms with Crippen LogP contribution in [-0.2, 0) is 11.3 Å². The summed E-state index contributed by atoms with van der Waals surface area (Å²) >= 11 is 0. The van der Waals surface area contributed by atoms with Gasteiger partial charge in [0.2, 0.25) is 0 Å². The highest BCUT2D eigenvalue weighted by Gasteiger charge is 2.11. The molecule has 0 aliphatic rings. The molecule has 0 atom stereocenters. The molecule has 0 radical (unpaired) electrons. The maximum Gasteiger partial charge on any atom is 0.143 e. The van der Waals surface area contributed by atoms with E-state index in [1.54, 1.807) is 19.1 Å². The van der Waals surface area contributed by atoms with E-state index >= 15 is 0 Å². The zero-order chi connectivity index (χ0) is 12.1. The number of nitrogens with zero attached hydrogens (tertiary/aromatic N) is 1. The third kappa shape index (κ3) is 4.03. The van der Waals surface area contributed by atoms with Crippen LogP contribution in [0.2, 0.25) is 0 Å². The predicted octanol–water partition coefficient (Wildman–Crippen LogP) is 2.19. The molecule has 1 aromatic carbocycles. The van der Waals surface area contributed by atoms with Crippen molar-refractivity contribution in [2.24, 2.45) is 0 Å². The minimum Gasteiger partial charge on any atom is -0.508 e. The van der Waals surface area contributed by atoms with Crippen molar-refractivity contribution in [1.82, 2.24) is 4.90 Å². The van der Waals surface area contributed by atoms with E-state index in [2.05, 4.69) is 18.7 Å². The van der Waals surface area contributed by atoms with Gasteiger partial charge in [-0.3, -0.25) is 9.69 Å². The molecule has 0 aliphatic carbocycles. The molecule has 0 saturated heterocycles. The molecule has 0 heterocycles. The first-order chi connectivity index (χ1) is 7.49. The van der Waals surface area contributed by atoms with Gasteiger partial charge in [0, 0.05) is 12.6 Å². The van der Waals surface area contributed by atoms with Gasteiger partial charge in [-0.15, -0.1) is 0 Å². The Morgan fingerprint density at radius 1 is 1.31 bits per heavy atom. The number of carbonyl (C=O) groups excluding carboxylic acids is 1. The summed E-state index contributed by atoms with van der Waals surface area (Å²) in [5.41, 5.74) is 1.10. The summed E-state index contributed by atoms with van der Waals surface area (Å²) in [6.07, 6.45) is 0. The van der Waals surface area contributed by atoms with Crippen molar-refractivity contribution in [3.8, 4) is 5.75 Å². The van der Waals surface area contributed by atoms with Gasteiger partial charge in [0.1, 0.15) is 11.5 Å². The summed E-state index contributed by atoms with van der Waals surface area (Å²) in [6, 6.07) is 7.43. The van der Waals surface area contributed by atoms with E-state index in [0.29, 0.717) is 12.6 Å². The van der Waals surface area contributed by atoms with Crippen LogP contribution in [0.5, 0.6) is 5.75 Å². The number of rotatable bonds is 5. The van der Waals surface area contributed by atoms with Gasteiger partial charge in [0.25, 0.3) is 0 Å². The molecular weight excluding hydrogens is 202 g/mol. The van der Waals surface area contributed by atoms with Crippen molar-refractivity contribution in [3.63, 3.8) is 0 Å². The van der Waals surface area contributed by atoms with Gasteiger partial charge < -0.3 is 5.11 Å². The van der Waals surface area contributed by atoms with E-state index in [0.717, 1.165) is 12.1 Å². The van der Waals surface area contributed by atoms with E-state index in [1.807, 2.05) is 12.1 Å². The molecule has 3 heteroatoms. The fourth-order valence-corrected chi connectivity index (χ4v) is 1.54. The smallest absolute Gasteiger partial charge is 0.143 e. The van der Waals surface area contributed by atoms with Crippen LogP contribution in [0.25, 0.3) is 0 Å². The van der Waals surface area contributed by atoms with Crippen LogP contribution in [0.1, 0.15) is 26.3 Å². The average molecular weight is 221 g/mol. The van der Waals surface area contributed by atoms with Crippen LogP contribution in [-0.4, -0.2) is 28.4 Å². The zero-order valence-electron chi connectivity index (χ0n) is 10.1. The molecule has 0 spiro atoms. The first-order valence-corrected chi connectivity index (χ1v) is 5.50. The molecule has 1 N–H and O–H groups in total. The van der Waals surface area contributed by atoms with Crippen LogP contribution in [0.3, 0.4) is 0 Å². The third-order valence-corrected chi connectivity index (χ3v) is 2.48. The van der Waals surface area contributed by atoms with E-state index in [9.17, 15) is 9.90 Å². The fourth-order valence-electron chi connectivity index (χ4n) is 1.54. The molecule has 0 fully saturated rings. The third-order valence-electron chi connectivity index (χ3n) is 2.48. The van der Waals surface area contributed by atoms with Crippen molar-refractivity contribution >= 4 is 5.78 Å². The Hall–Kier alpha value is -1.35. The highest BCUT2D eigenvalue weighted by Crippen LogP contribution is 2.13. The van der Waals surface area contributed by atoms with Crippen molar-refractivity contribution in [3.05, 3.63) is 29.8 Å². The normalized spacial score (nSPS) is 11.1. The Kier molecular flexibility index (Phi) is 4.50. The fraction of sp³-hybridized carbons (Fsp3) is 0.462. The van der Waals surface area contributed by atoms with Gasteiger partial charge in [-0.2, -0.15) is 0 Å². The number of phenols is 1. The first kappa shape index (κ1) is 12.7. The average Bonchev–Trinajstić information content (AvgIpc) is 2.19. The second-order valence-corrected chi connectivity index (χ2v) is 4.37. The highest BCUT2D eigenvalue weighted by atomic mass is 16.3. The molecule has 3 nitrogen and oxygen atoms in total. The second kappa shape index (κ2) is 5.66. The van der Waals surface area contributed by atoms with E-state index < -0.39 is 0 Å². The molecule has 1 aromatic rings. The largest absolute Gasteiger partial charge is 0.508 e. The summed E-state index contributed by atoms with van der Waals surface area (Å²) in [5.74, 6) is 0.443. The number of aromatic hydroxyl groups is 1. The van der Waals surface area contributed by atoms with Crippen molar-refractivity contribution in [2.45, 2.75) is 33.4 Å². The van der Waals surface area contributed by atoms with E-state index in [1.165, 1.54) is 0 Å². The van der Waals surface area contributed by atoms with Crippen molar-refractivity contribution in [1.29, 1.82) is 0 Å². The first-order valence-electron chi connectivity index (χ1n) is 5.50. The number of hydrogen-bond donors (Lipinski definition) is 1. The van der Waals surface area contributed by atoms with Crippen LogP contribution >= 0.6 is 0 Å². The van der Waals surface area contributed by atoms with E-state index in [4.69, 9.17) is 0 Å². The molecular formula is C13H19NO2. The molecule has 88 valence electrons. The highest BCUT2D eigenvalue weighted by molar-refractivity contribution is 5.77. The van der Waals surface area contributed by atoms with E-state index in [-0.39, 0.29) is 11.5 Å². The number of Topliss-reactive ketones (excluding diaryl/α,β-unsaturated/α-hetero) is 1. The van der Waals surface area contributed by atoms with Crippen molar-refractivity contribution in [2.75, 3.05) is 6.54 Å². The number of phenolic OH excluding ortho intramolecular Hbond substituents is 1. The summed E-state index contributed by atoms with van der Waals surface area (Å²) < 4.78 is 0. The van der Waals surface area contributed by atoms with Gasteiger partial charge in [-0.25, -0.2) is 0 Å². The number of carbonyl (C=O) groups is 1. The quantitative estimate of drug-likeness (QED) is 0.828. The topological polar surface area (TPSA) is 40.5 Å². The zero-order valence-corrected chi connectivity index (χ0v) is 10.1. The van der Waals surface area contributed by atoms with Gasteiger partial charge in [-0.05, 0) is 38.5 Å².